The zero-order chi connectivity index (χ0) is 20.0. The molecule has 144 valence electrons. The predicted molar refractivity (Wildman–Crippen MR) is 108 cm³/mol. The molecule has 2 N–H and O–H groups in total. The molecule has 0 saturated heterocycles. The minimum absolute atomic E-state index is 0.128. The molecule has 3 rings (SSSR count). The van der Waals surface area contributed by atoms with Gasteiger partial charge >= 0.3 is 0 Å². The molecule has 0 fully saturated rings. The van der Waals surface area contributed by atoms with E-state index >= 15 is 0 Å². The van der Waals surface area contributed by atoms with Gasteiger partial charge in [-0.05, 0) is 42.0 Å². The average Bonchev–Trinajstić information content (AvgIpc) is 2.73. The number of carbonyl (C=O) groups excluding carboxylic acids is 1. The Morgan fingerprint density at radius 1 is 0.893 bits per heavy atom. The summed E-state index contributed by atoms with van der Waals surface area (Å²) in [7, 11) is -2.20. The largest absolute Gasteiger partial charge is 0.497 e. The molecule has 0 bridgehead atoms. The first-order chi connectivity index (χ1) is 13.5. The molecule has 0 heterocycles. The van der Waals surface area contributed by atoms with Crippen molar-refractivity contribution in [3.63, 3.8) is 0 Å². The van der Waals surface area contributed by atoms with E-state index in [1.807, 2.05) is 24.3 Å². The van der Waals surface area contributed by atoms with Crippen LogP contribution in [0.4, 0.5) is 5.69 Å². The molecule has 28 heavy (non-hydrogen) atoms. The fraction of sp³-hybridized carbons (Fsp3) is 0.0952. The first-order valence-electron chi connectivity index (χ1n) is 8.57. The van der Waals surface area contributed by atoms with Crippen LogP contribution in [0, 0.1) is 0 Å². The predicted octanol–water partition coefficient (Wildman–Crippen LogP) is 3.43. The Labute approximate surface area is 164 Å². The number of methoxy groups -OCH3 is 1. The number of para-hydroxylation sites is 1. The second-order valence-electron chi connectivity index (χ2n) is 5.99. The molecule has 6 nitrogen and oxygen atoms in total. The molecule has 0 spiro atoms. The van der Waals surface area contributed by atoms with Crippen molar-refractivity contribution in [2.24, 2.45) is 0 Å². The van der Waals surface area contributed by atoms with Crippen LogP contribution >= 0.6 is 0 Å². The van der Waals surface area contributed by atoms with Crippen molar-refractivity contribution < 1.29 is 17.9 Å². The Kier molecular flexibility index (Phi) is 5.96. The highest BCUT2D eigenvalue weighted by atomic mass is 32.2. The molecule has 0 saturated carbocycles. The van der Waals surface area contributed by atoms with E-state index in [1.165, 1.54) is 12.1 Å². The Balaban J connectivity index is 1.74. The summed E-state index contributed by atoms with van der Waals surface area (Å²) in [6.07, 6.45) is 0. The molecule has 0 aliphatic carbocycles. The quantitative estimate of drug-likeness (QED) is 0.641. The van der Waals surface area contributed by atoms with E-state index in [0.29, 0.717) is 6.54 Å². The van der Waals surface area contributed by atoms with Gasteiger partial charge in [0, 0.05) is 6.54 Å². The number of hydrogen-bond acceptors (Lipinski definition) is 4. The van der Waals surface area contributed by atoms with Crippen LogP contribution in [0.5, 0.6) is 5.75 Å². The summed E-state index contributed by atoms with van der Waals surface area (Å²) in [5, 5.41) is 2.80. The maximum atomic E-state index is 12.6. The van der Waals surface area contributed by atoms with Gasteiger partial charge in [0.25, 0.3) is 15.9 Å². The third kappa shape index (κ3) is 4.69. The number of amides is 1. The second kappa shape index (κ2) is 8.58. The summed E-state index contributed by atoms with van der Waals surface area (Å²) in [5.41, 5.74) is 1.37. The highest BCUT2D eigenvalue weighted by Gasteiger charge is 2.18. The summed E-state index contributed by atoms with van der Waals surface area (Å²) in [6, 6.07) is 21.8. The molecule has 1 amide bonds. The van der Waals surface area contributed by atoms with E-state index < -0.39 is 10.0 Å². The molecule has 0 atom stereocenters. The van der Waals surface area contributed by atoms with Crippen LogP contribution < -0.4 is 14.8 Å². The van der Waals surface area contributed by atoms with Gasteiger partial charge < -0.3 is 10.1 Å². The van der Waals surface area contributed by atoms with Crippen molar-refractivity contribution in [2.75, 3.05) is 11.8 Å². The number of rotatable bonds is 7. The van der Waals surface area contributed by atoms with Crippen molar-refractivity contribution in [3.05, 3.63) is 90.0 Å². The van der Waals surface area contributed by atoms with E-state index in [1.54, 1.807) is 49.6 Å². The second-order valence-corrected chi connectivity index (χ2v) is 7.68. The molecule has 3 aromatic rings. The van der Waals surface area contributed by atoms with Crippen molar-refractivity contribution in [1.82, 2.24) is 5.32 Å². The van der Waals surface area contributed by atoms with Crippen LogP contribution in [-0.2, 0) is 16.6 Å². The van der Waals surface area contributed by atoms with Gasteiger partial charge in [-0.2, -0.15) is 0 Å². The van der Waals surface area contributed by atoms with Crippen LogP contribution in [0.25, 0.3) is 0 Å². The molecule has 0 aromatic heterocycles. The monoisotopic (exact) mass is 396 g/mol. The Morgan fingerprint density at radius 2 is 1.54 bits per heavy atom. The summed E-state index contributed by atoms with van der Waals surface area (Å²) < 4.78 is 32.7. The Hall–Kier alpha value is -3.32. The van der Waals surface area contributed by atoms with E-state index in [0.717, 1.165) is 11.3 Å². The molecule has 3 aromatic carbocycles. The number of ether oxygens (including phenoxy) is 1. The summed E-state index contributed by atoms with van der Waals surface area (Å²) >= 11 is 0. The van der Waals surface area contributed by atoms with Gasteiger partial charge in [0.2, 0.25) is 0 Å². The normalized spacial score (nSPS) is 10.9. The van der Waals surface area contributed by atoms with E-state index in [-0.39, 0.29) is 22.1 Å². The van der Waals surface area contributed by atoms with Gasteiger partial charge in [0.1, 0.15) is 5.75 Å². The number of anilines is 1. The average molecular weight is 396 g/mol. The van der Waals surface area contributed by atoms with Gasteiger partial charge in [-0.25, -0.2) is 8.42 Å². The third-order valence-electron chi connectivity index (χ3n) is 4.08. The van der Waals surface area contributed by atoms with Crippen LogP contribution in [0.1, 0.15) is 15.9 Å². The maximum Gasteiger partial charge on any atom is 0.261 e. The summed E-state index contributed by atoms with van der Waals surface area (Å²) in [4.78, 5) is 12.7. The maximum absolute atomic E-state index is 12.6. The molecule has 0 unspecified atom stereocenters. The van der Waals surface area contributed by atoms with E-state index in [9.17, 15) is 13.2 Å². The van der Waals surface area contributed by atoms with Crippen LogP contribution in [0.15, 0.2) is 83.8 Å². The van der Waals surface area contributed by atoms with E-state index in [4.69, 9.17) is 4.74 Å². The number of sulfonamides is 1. The van der Waals surface area contributed by atoms with Gasteiger partial charge in [-0.15, -0.1) is 0 Å². The Bertz CT molecular complexity index is 1050. The molecule has 7 heteroatoms. The molecular formula is C21H20N2O4S. The van der Waals surface area contributed by atoms with Crippen molar-refractivity contribution in [3.8, 4) is 5.75 Å². The summed E-state index contributed by atoms with van der Waals surface area (Å²) in [6.45, 7) is 0.308. The zero-order valence-electron chi connectivity index (χ0n) is 15.3. The van der Waals surface area contributed by atoms with Crippen LogP contribution in [0.3, 0.4) is 0 Å². The van der Waals surface area contributed by atoms with Gasteiger partial charge in [0.15, 0.2) is 0 Å². The van der Waals surface area contributed by atoms with Crippen molar-refractivity contribution in [1.29, 1.82) is 0 Å². The first kappa shape index (κ1) is 19.4. The lowest BCUT2D eigenvalue weighted by molar-refractivity contribution is 0.0952. The first-order valence-corrected chi connectivity index (χ1v) is 10.1. The Morgan fingerprint density at radius 3 is 2.21 bits per heavy atom. The number of nitrogens with one attached hydrogen (secondary N) is 2. The number of carbonyl (C=O) groups is 1. The zero-order valence-corrected chi connectivity index (χ0v) is 16.1. The topological polar surface area (TPSA) is 84.5 Å². The molecule has 0 aliphatic heterocycles. The molecular weight excluding hydrogens is 376 g/mol. The number of benzene rings is 3. The van der Waals surface area contributed by atoms with Crippen LogP contribution in [-0.4, -0.2) is 21.4 Å². The lowest BCUT2D eigenvalue weighted by atomic mass is 10.1. The lowest BCUT2D eigenvalue weighted by Gasteiger charge is -2.13. The van der Waals surface area contributed by atoms with Crippen molar-refractivity contribution >= 4 is 21.6 Å². The number of hydrogen-bond donors (Lipinski definition) is 2. The minimum atomic E-state index is -3.79. The van der Waals surface area contributed by atoms with Gasteiger partial charge in [-0.3, -0.25) is 9.52 Å². The summed E-state index contributed by atoms with van der Waals surface area (Å²) in [5.74, 6) is 0.359. The van der Waals surface area contributed by atoms with Gasteiger partial charge in [0.05, 0.1) is 23.3 Å². The molecule has 0 radical (unpaired) electrons. The van der Waals surface area contributed by atoms with Gasteiger partial charge in [-0.1, -0.05) is 42.5 Å². The van der Waals surface area contributed by atoms with Crippen LogP contribution in [0.2, 0.25) is 0 Å². The fourth-order valence-corrected chi connectivity index (χ4v) is 3.70. The standard InChI is InChI=1S/C21H20N2O4S/c1-27-17-13-11-16(12-14-17)15-22-21(24)19-9-5-6-10-20(19)23-28(25,26)18-7-3-2-4-8-18/h2-14,23H,15H2,1H3,(H,22,24). The smallest absolute Gasteiger partial charge is 0.261 e. The SMILES string of the molecule is COc1ccc(CNC(=O)c2ccccc2NS(=O)(=O)c2ccccc2)cc1. The fourth-order valence-electron chi connectivity index (χ4n) is 2.59. The third-order valence-corrected chi connectivity index (χ3v) is 5.46. The van der Waals surface area contributed by atoms with Crippen molar-refractivity contribution in [2.45, 2.75) is 11.4 Å². The van der Waals surface area contributed by atoms with E-state index in [2.05, 4.69) is 10.0 Å². The highest BCUT2D eigenvalue weighted by molar-refractivity contribution is 7.92. The lowest BCUT2D eigenvalue weighted by Crippen LogP contribution is -2.25. The molecule has 0 aliphatic rings. The highest BCUT2D eigenvalue weighted by Crippen LogP contribution is 2.20. The minimum Gasteiger partial charge on any atom is -0.497 e.